The molecule has 0 aliphatic carbocycles. The Hall–Kier alpha value is -3.65. The zero-order valence-electron chi connectivity index (χ0n) is 24.8. The third-order valence-electron chi connectivity index (χ3n) is 8.91. The molecule has 0 bridgehead atoms. The molecule has 0 radical (unpaired) electrons. The third kappa shape index (κ3) is 5.35. The van der Waals surface area contributed by atoms with E-state index >= 15 is 4.39 Å². The number of hydrogen-bond donors (Lipinski definition) is 2. The number of nitrogens with two attached hydrogens (primary N) is 1. The molecule has 0 aromatic carbocycles. The third-order valence-corrected chi connectivity index (χ3v) is 8.91. The van der Waals surface area contributed by atoms with Crippen LogP contribution in [0.25, 0.3) is 5.65 Å². The Kier molecular flexibility index (Phi) is 7.40. The number of ether oxygens (including phenoxy) is 1. The molecule has 3 aromatic rings. The van der Waals surface area contributed by atoms with Crippen molar-refractivity contribution in [2.45, 2.75) is 29.6 Å². The molecule has 0 spiro atoms. The molecule has 18 heteroatoms. The van der Waals surface area contributed by atoms with Gasteiger partial charge >= 0.3 is 0 Å². The van der Waals surface area contributed by atoms with E-state index in [0.717, 1.165) is 42.9 Å². The normalized spacial score (nSPS) is 21.1. The first-order valence-corrected chi connectivity index (χ1v) is 14.5. The van der Waals surface area contributed by atoms with Crippen molar-refractivity contribution in [3.8, 4) is 0 Å². The number of anilines is 3. The highest BCUT2D eigenvalue weighted by atomic mass is 19.1. The second-order valence-electron chi connectivity index (χ2n) is 12.9. The van der Waals surface area contributed by atoms with Crippen LogP contribution in [-0.2, 0) is 9.53 Å². The fourth-order valence-corrected chi connectivity index (χ4v) is 6.55. The number of nitrogens with one attached hydrogen (secondary N) is 1. The van der Waals surface area contributed by atoms with Crippen LogP contribution in [0.4, 0.5) is 26.0 Å². The fourth-order valence-electron chi connectivity index (χ4n) is 6.55. The Labute approximate surface area is 251 Å². The van der Waals surface area contributed by atoms with E-state index in [1.165, 1.54) is 6.20 Å². The van der Waals surface area contributed by atoms with Crippen molar-refractivity contribution < 1.29 is 23.1 Å². The summed E-state index contributed by atoms with van der Waals surface area (Å²) >= 11 is 0. The number of piperidine rings is 1. The first kappa shape index (κ1) is 29.4. The lowest BCUT2D eigenvalue weighted by atomic mass is 9.51. The van der Waals surface area contributed by atoms with E-state index in [1.807, 2.05) is 9.80 Å². The predicted octanol–water partition coefficient (Wildman–Crippen LogP) is -3.16. The number of aromatic nitrogens is 4. The van der Waals surface area contributed by atoms with Crippen molar-refractivity contribution in [3.63, 3.8) is 0 Å². The van der Waals surface area contributed by atoms with Gasteiger partial charge in [0.2, 0.25) is 5.91 Å². The van der Waals surface area contributed by atoms with Gasteiger partial charge in [0.05, 0.1) is 49.7 Å². The predicted molar refractivity (Wildman–Crippen MR) is 167 cm³/mol. The fraction of sp³-hybridized carbons (Fsp3) is 0.480. The molecule has 43 heavy (non-hydrogen) atoms. The van der Waals surface area contributed by atoms with Crippen molar-refractivity contribution in [2.24, 2.45) is 5.92 Å². The van der Waals surface area contributed by atoms with E-state index in [-0.39, 0.29) is 50.9 Å². The van der Waals surface area contributed by atoms with Gasteiger partial charge in [-0.15, -0.1) is 5.10 Å². The first-order chi connectivity index (χ1) is 20.4. The van der Waals surface area contributed by atoms with Crippen molar-refractivity contribution in [1.82, 2.24) is 29.4 Å². The quantitative estimate of drug-likeness (QED) is 0.296. The van der Waals surface area contributed by atoms with Gasteiger partial charge in [0.25, 0.3) is 5.91 Å². The summed E-state index contributed by atoms with van der Waals surface area (Å²) < 4.78 is 35.4. The summed E-state index contributed by atoms with van der Waals surface area (Å²) in [5.74, 6) is -2.14. The van der Waals surface area contributed by atoms with Crippen molar-refractivity contribution in [1.29, 1.82) is 0 Å². The molecule has 3 aliphatic heterocycles. The minimum Gasteiger partial charge on any atom is -0.381 e. The molecular formula is C25H33B4F2N9O3. The van der Waals surface area contributed by atoms with Crippen LogP contribution in [0.15, 0.2) is 24.8 Å². The van der Waals surface area contributed by atoms with Crippen LogP contribution < -0.4 is 16.0 Å². The van der Waals surface area contributed by atoms with Gasteiger partial charge in [0, 0.05) is 32.1 Å². The average molecular weight is 589 g/mol. The van der Waals surface area contributed by atoms with E-state index in [1.54, 1.807) is 0 Å². The second-order valence-corrected chi connectivity index (χ2v) is 12.9. The smallest absolute Gasteiger partial charge is 0.263 e. The summed E-state index contributed by atoms with van der Waals surface area (Å²) in [7, 11) is 8.60. The van der Waals surface area contributed by atoms with E-state index in [4.69, 9.17) is 10.5 Å². The molecule has 3 N–H and O–H groups in total. The Balaban J connectivity index is 1.16. The molecule has 3 saturated heterocycles. The first-order valence-electron chi connectivity index (χ1n) is 14.5. The van der Waals surface area contributed by atoms with Crippen LogP contribution in [-0.4, -0.2) is 129 Å². The van der Waals surface area contributed by atoms with Gasteiger partial charge in [0.15, 0.2) is 23.1 Å². The second kappa shape index (κ2) is 10.8. The van der Waals surface area contributed by atoms with E-state index in [2.05, 4.69) is 56.7 Å². The van der Waals surface area contributed by atoms with Gasteiger partial charge < -0.3 is 30.5 Å². The topological polar surface area (TPSA) is 134 Å². The molecule has 6 rings (SSSR count). The summed E-state index contributed by atoms with van der Waals surface area (Å²) in [6.45, 7) is 3.68. The van der Waals surface area contributed by atoms with Gasteiger partial charge in [-0.3, -0.25) is 14.6 Å². The van der Waals surface area contributed by atoms with Gasteiger partial charge in [-0.2, -0.15) is 0 Å². The number of piperazine rings is 1. The number of hydrogen-bond acceptors (Lipinski definition) is 9. The number of nitrogens with zero attached hydrogens (tertiary/aromatic N) is 7. The Morgan fingerprint density at radius 2 is 1.77 bits per heavy atom. The van der Waals surface area contributed by atoms with Gasteiger partial charge in [-0.1, -0.05) is 0 Å². The summed E-state index contributed by atoms with van der Waals surface area (Å²) in [5.41, 5.74) is 6.28. The number of halogens is 2. The Bertz CT molecular complexity index is 1580. The number of rotatable bonds is 5. The maximum atomic E-state index is 15.2. The summed E-state index contributed by atoms with van der Waals surface area (Å²) in [5, 5.41) is 6.13. The molecule has 222 valence electrons. The number of pyridine rings is 1. The molecule has 2 amide bonds. The Morgan fingerprint density at radius 3 is 2.44 bits per heavy atom. The molecule has 0 unspecified atom stereocenters. The van der Waals surface area contributed by atoms with Crippen LogP contribution in [0.3, 0.4) is 0 Å². The molecule has 12 nitrogen and oxygen atoms in total. The number of amides is 2. The molecule has 3 fully saturated rings. The standard InChI is InChI=1S/C25H33B4F2N9O3/c26-24(27)12-39(25(28,29)11-38(24)15-9-43-10-15)23(42)13-1-3-37(4-2-13)19-16(31)6-33-7-17(19)35-22(41)18-20(32)36-40-8-14(30)5-34-21(18)40/h5-8,13,15H,1-4,9-12,26-29H2,(H2,32,36)(H,35,41). The van der Waals surface area contributed by atoms with Crippen molar-refractivity contribution >= 4 is 66.0 Å². The Morgan fingerprint density at radius 1 is 1.05 bits per heavy atom. The largest absolute Gasteiger partial charge is 0.381 e. The van der Waals surface area contributed by atoms with Crippen LogP contribution in [0.1, 0.15) is 23.2 Å². The van der Waals surface area contributed by atoms with E-state index in [9.17, 15) is 14.0 Å². The summed E-state index contributed by atoms with van der Waals surface area (Å²) in [6, 6.07) is 0.378. The minimum absolute atomic E-state index is 0.0602. The van der Waals surface area contributed by atoms with Crippen LogP contribution in [0.5, 0.6) is 0 Å². The van der Waals surface area contributed by atoms with Gasteiger partial charge in [-0.25, -0.2) is 18.3 Å². The SMILES string of the molecule is BC1(B)CN(C2COC2)C(B)(B)CN1C(=O)C1CCN(c2c(F)cncc2NC(=O)c2c(N)nn3cc(F)cnc23)CC1. The maximum Gasteiger partial charge on any atom is 0.263 e. The van der Waals surface area contributed by atoms with Crippen LogP contribution in [0, 0.1) is 17.6 Å². The molecule has 0 saturated carbocycles. The van der Waals surface area contributed by atoms with Crippen molar-refractivity contribution in [3.05, 3.63) is 42.0 Å². The lowest BCUT2D eigenvalue weighted by Crippen LogP contribution is -2.77. The van der Waals surface area contributed by atoms with Crippen molar-refractivity contribution in [2.75, 3.05) is 55.3 Å². The lowest BCUT2D eigenvalue weighted by molar-refractivity contribution is -0.147. The number of fused-ring (bicyclic) bond motifs is 1. The highest BCUT2D eigenvalue weighted by molar-refractivity contribution is 6.43. The zero-order valence-corrected chi connectivity index (χ0v) is 24.8. The molecule has 0 atom stereocenters. The van der Waals surface area contributed by atoms with E-state index in [0.29, 0.717) is 38.5 Å². The average Bonchev–Trinajstić information content (AvgIpc) is 3.24. The van der Waals surface area contributed by atoms with E-state index < -0.39 is 17.5 Å². The zero-order chi connectivity index (χ0) is 30.7. The lowest BCUT2D eigenvalue weighted by Gasteiger charge is -2.60. The van der Waals surface area contributed by atoms with Crippen LogP contribution >= 0.6 is 0 Å². The summed E-state index contributed by atoms with van der Waals surface area (Å²) in [6.07, 6.45) is 5.54. The molecule has 3 aliphatic rings. The number of carbonyl (C=O) groups is 2. The highest BCUT2D eigenvalue weighted by Gasteiger charge is 2.49. The number of carbonyl (C=O) groups excluding carboxylic acids is 2. The molecule has 3 aromatic heterocycles. The minimum atomic E-state index is -0.678. The monoisotopic (exact) mass is 589 g/mol. The van der Waals surface area contributed by atoms with Crippen LogP contribution in [0.2, 0.25) is 0 Å². The number of nitrogen functional groups attached to an aromatic ring is 1. The highest BCUT2D eigenvalue weighted by Crippen LogP contribution is 2.35. The molecular weight excluding hydrogens is 556 g/mol. The van der Waals surface area contributed by atoms with Gasteiger partial charge in [0.1, 0.15) is 42.6 Å². The maximum absolute atomic E-state index is 15.2. The molecule has 6 heterocycles. The summed E-state index contributed by atoms with van der Waals surface area (Å²) in [4.78, 5) is 41.3. The van der Waals surface area contributed by atoms with Gasteiger partial charge in [-0.05, 0) is 23.5 Å².